The molecule has 1 aromatic carbocycles. The molecule has 2 N–H and O–H groups in total. The van der Waals surface area contributed by atoms with Crippen LogP contribution in [0.5, 0.6) is 0 Å². The van der Waals surface area contributed by atoms with Crippen molar-refractivity contribution in [2.24, 2.45) is 7.05 Å². The average molecular weight is 236 g/mol. The summed E-state index contributed by atoms with van der Waals surface area (Å²) in [7, 11) is 1.84. The van der Waals surface area contributed by atoms with Gasteiger partial charge >= 0.3 is 0 Å². The third kappa shape index (κ3) is 1.67. The van der Waals surface area contributed by atoms with E-state index < -0.39 is 0 Å². The average Bonchev–Trinajstić information content (AvgIpc) is 2.56. The van der Waals surface area contributed by atoms with Crippen LogP contribution in [-0.2, 0) is 13.5 Å². The van der Waals surface area contributed by atoms with Crippen molar-refractivity contribution in [3.63, 3.8) is 0 Å². The topological polar surface area (TPSA) is 43.8 Å². The SMILES string of the molecule is CCc1c(-c2ccccc2Cl)nn(C)c1N. The number of halogens is 1. The van der Waals surface area contributed by atoms with E-state index in [1.807, 2.05) is 31.3 Å². The molecule has 16 heavy (non-hydrogen) atoms. The molecule has 0 atom stereocenters. The highest BCUT2D eigenvalue weighted by atomic mass is 35.5. The maximum absolute atomic E-state index is 6.16. The molecule has 1 aromatic heterocycles. The van der Waals surface area contributed by atoms with Crippen LogP contribution >= 0.6 is 11.6 Å². The minimum absolute atomic E-state index is 0.704. The fraction of sp³-hybridized carbons (Fsp3) is 0.250. The van der Waals surface area contributed by atoms with Gasteiger partial charge in [-0.3, -0.25) is 4.68 Å². The Kier molecular flexibility index (Phi) is 2.88. The number of benzene rings is 1. The number of aryl methyl sites for hydroxylation is 1. The molecule has 0 amide bonds. The molecule has 4 heteroatoms. The molecule has 0 aliphatic heterocycles. The second-order valence-corrected chi connectivity index (χ2v) is 4.08. The van der Waals surface area contributed by atoms with Gasteiger partial charge in [0.1, 0.15) is 5.82 Å². The van der Waals surface area contributed by atoms with Crippen LogP contribution in [0, 0.1) is 0 Å². The van der Waals surface area contributed by atoms with Crippen LogP contribution in [0.3, 0.4) is 0 Å². The molecule has 0 aliphatic carbocycles. The van der Waals surface area contributed by atoms with E-state index in [1.54, 1.807) is 4.68 Å². The Hall–Kier alpha value is -1.48. The van der Waals surface area contributed by atoms with Gasteiger partial charge in [0.05, 0.1) is 10.7 Å². The summed E-state index contributed by atoms with van der Waals surface area (Å²) in [5, 5.41) is 5.12. The van der Waals surface area contributed by atoms with Gasteiger partial charge in [-0.25, -0.2) is 0 Å². The van der Waals surface area contributed by atoms with Gasteiger partial charge < -0.3 is 5.73 Å². The molecule has 0 bridgehead atoms. The van der Waals surface area contributed by atoms with E-state index in [0.717, 1.165) is 23.2 Å². The van der Waals surface area contributed by atoms with Crippen LogP contribution in [0.4, 0.5) is 5.82 Å². The van der Waals surface area contributed by atoms with Crippen molar-refractivity contribution < 1.29 is 0 Å². The molecule has 3 nitrogen and oxygen atoms in total. The van der Waals surface area contributed by atoms with Crippen molar-refractivity contribution in [1.82, 2.24) is 9.78 Å². The fourth-order valence-electron chi connectivity index (χ4n) is 1.80. The first kappa shape index (κ1) is 11.0. The Morgan fingerprint density at radius 2 is 2.06 bits per heavy atom. The molecule has 84 valence electrons. The van der Waals surface area contributed by atoms with E-state index in [9.17, 15) is 0 Å². The van der Waals surface area contributed by atoms with Gasteiger partial charge in [-0.15, -0.1) is 0 Å². The highest BCUT2D eigenvalue weighted by molar-refractivity contribution is 6.33. The van der Waals surface area contributed by atoms with Gasteiger partial charge in [-0.1, -0.05) is 36.7 Å². The van der Waals surface area contributed by atoms with Gasteiger partial charge in [-0.05, 0) is 12.5 Å². The molecule has 0 fully saturated rings. The zero-order valence-corrected chi connectivity index (χ0v) is 10.1. The second-order valence-electron chi connectivity index (χ2n) is 3.67. The Morgan fingerprint density at radius 1 is 1.38 bits per heavy atom. The Morgan fingerprint density at radius 3 is 2.69 bits per heavy atom. The molecule has 0 saturated carbocycles. The van der Waals surface area contributed by atoms with Crippen molar-refractivity contribution in [3.8, 4) is 11.3 Å². The molecule has 0 spiro atoms. The number of hydrogen-bond acceptors (Lipinski definition) is 2. The van der Waals surface area contributed by atoms with Crippen molar-refractivity contribution >= 4 is 17.4 Å². The van der Waals surface area contributed by atoms with Crippen molar-refractivity contribution in [2.45, 2.75) is 13.3 Å². The zero-order chi connectivity index (χ0) is 11.7. The first-order chi connectivity index (χ1) is 7.65. The molecule has 0 unspecified atom stereocenters. The standard InChI is InChI=1S/C12H14ClN3/c1-3-8-11(15-16(2)12(8)14)9-6-4-5-7-10(9)13/h4-7H,3,14H2,1-2H3. The lowest BCUT2D eigenvalue weighted by Crippen LogP contribution is -1.98. The summed E-state index contributed by atoms with van der Waals surface area (Å²) in [6, 6.07) is 7.68. The molecule has 2 aromatic rings. The number of anilines is 1. The van der Waals surface area contributed by atoms with E-state index in [0.29, 0.717) is 10.8 Å². The first-order valence-corrected chi connectivity index (χ1v) is 5.59. The maximum atomic E-state index is 6.16. The number of aromatic nitrogens is 2. The summed E-state index contributed by atoms with van der Waals surface area (Å²) in [6.07, 6.45) is 0.847. The van der Waals surface area contributed by atoms with Gasteiger partial charge in [0.2, 0.25) is 0 Å². The fourth-order valence-corrected chi connectivity index (χ4v) is 2.02. The normalized spacial score (nSPS) is 10.7. The van der Waals surface area contributed by atoms with Crippen LogP contribution in [0.15, 0.2) is 24.3 Å². The van der Waals surface area contributed by atoms with Gasteiger partial charge in [-0.2, -0.15) is 5.10 Å². The first-order valence-electron chi connectivity index (χ1n) is 5.21. The minimum atomic E-state index is 0.704. The van der Waals surface area contributed by atoms with Crippen LogP contribution in [0.2, 0.25) is 5.02 Å². The summed E-state index contributed by atoms with van der Waals surface area (Å²) < 4.78 is 1.69. The van der Waals surface area contributed by atoms with Gasteiger partial charge in [0, 0.05) is 18.2 Å². The highest BCUT2D eigenvalue weighted by Gasteiger charge is 2.15. The lowest BCUT2D eigenvalue weighted by molar-refractivity contribution is 0.782. The predicted molar refractivity (Wildman–Crippen MR) is 67.4 cm³/mol. The minimum Gasteiger partial charge on any atom is -0.384 e. The molecular weight excluding hydrogens is 222 g/mol. The summed E-state index contributed by atoms with van der Waals surface area (Å²) in [5.41, 5.74) is 8.83. The molecule has 0 saturated heterocycles. The summed E-state index contributed by atoms with van der Waals surface area (Å²) in [5.74, 6) is 0.706. The summed E-state index contributed by atoms with van der Waals surface area (Å²) >= 11 is 6.16. The molecular formula is C12H14ClN3. The Balaban J connectivity index is 2.65. The molecule has 1 heterocycles. The molecule has 0 radical (unpaired) electrons. The molecule has 2 rings (SSSR count). The van der Waals surface area contributed by atoms with E-state index in [-0.39, 0.29) is 0 Å². The van der Waals surface area contributed by atoms with E-state index in [2.05, 4.69) is 12.0 Å². The maximum Gasteiger partial charge on any atom is 0.125 e. The summed E-state index contributed by atoms with van der Waals surface area (Å²) in [4.78, 5) is 0. The van der Waals surface area contributed by atoms with Crippen molar-refractivity contribution in [2.75, 3.05) is 5.73 Å². The number of rotatable bonds is 2. The monoisotopic (exact) mass is 235 g/mol. The van der Waals surface area contributed by atoms with Crippen molar-refractivity contribution in [3.05, 3.63) is 34.9 Å². The van der Waals surface area contributed by atoms with Crippen LogP contribution in [0.25, 0.3) is 11.3 Å². The zero-order valence-electron chi connectivity index (χ0n) is 9.37. The lowest BCUT2D eigenvalue weighted by atomic mass is 10.1. The Labute approximate surface area is 99.8 Å². The van der Waals surface area contributed by atoms with E-state index in [1.165, 1.54) is 0 Å². The number of nitrogens with zero attached hydrogens (tertiary/aromatic N) is 2. The smallest absolute Gasteiger partial charge is 0.125 e. The van der Waals surface area contributed by atoms with Crippen LogP contribution in [0.1, 0.15) is 12.5 Å². The third-order valence-electron chi connectivity index (χ3n) is 2.68. The van der Waals surface area contributed by atoms with E-state index >= 15 is 0 Å². The van der Waals surface area contributed by atoms with E-state index in [4.69, 9.17) is 17.3 Å². The quantitative estimate of drug-likeness (QED) is 0.870. The Bertz CT molecular complexity index is 517. The number of nitrogen functional groups attached to an aromatic ring is 1. The highest BCUT2D eigenvalue weighted by Crippen LogP contribution is 2.31. The predicted octanol–water partition coefficient (Wildman–Crippen LogP) is 2.89. The van der Waals surface area contributed by atoms with Crippen molar-refractivity contribution in [1.29, 1.82) is 0 Å². The van der Waals surface area contributed by atoms with Crippen LogP contribution in [-0.4, -0.2) is 9.78 Å². The third-order valence-corrected chi connectivity index (χ3v) is 3.01. The van der Waals surface area contributed by atoms with Crippen LogP contribution < -0.4 is 5.73 Å². The van der Waals surface area contributed by atoms with Gasteiger partial charge in [0.15, 0.2) is 0 Å². The lowest BCUT2D eigenvalue weighted by Gasteiger charge is -2.02. The summed E-state index contributed by atoms with van der Waals surface area (Å²) in [6.45, 7) is 2.06. The largest absolute Gasteiger partial charge is 0.384 e. The number of nitrogens with two attached hydrogens (primary N) is 1. The second kappa shape index (κ2) is 4.18. The molecule has 0 aliphatic rings. The number of hydrogen-bond donors (Lipinski definition) is 1. The van der Waals surface area contributed by atoms with Gasteiger partial charge in [0.25, 0.3) is 0 Å².